The summed E-state index contributed by atoms with van der Waals surface area (Å²) in [7, 11) is 0. The normalized spacial score (nSPS) is 21.4. The fourth-order valence-corrected chi connectivity index (χ4v) is 2.01. The average molecular weight is 219 g/mol. The SMILES string of the molecule is Nc1ncnc2c1cnn2[C@H]1CCCCO1. The molecule has 0 unspecified atom stereocenters. The molecule has 0 bridgehead atoms. The maximum absolute atomic E-state index is 5.75. The fourth-order valence-electron chi connectivity index (χ4n) is 2.01. The zero-order valence-corrected chi connectivity index (χ0v) is 8.83. The number of hydrogen-bond donors (Lipinski definition) is 1. The Kier molecular flexibility index (Phi) is 2.21. The molecule has 2 N–H and O–H groups in total. The van der Waals surface area contributed by atoms with Crippen molar-refractivity contribution in [3.63, 3.8) is 0 Å². The van der Waals surface area contributed by atoms with Crippen molar-refractivity contribution in [3.8, 4) is 0 Å². The number of nitrogens with two attached hydrogens (primary N) is 1. The summed E-state index contributed by atoms with van der Waals surface area (Å²) >= 11 is 0. The lowest BCUT2D eigenvalue weighted by Gasteiger charge is -2.22. The van der Waals surface area contributed by atoms with Gasteiger partial charge >= 0.3 is 0 Å². The van der Waals surface area contributed by atoms with Crippen LogP contribution in [0, 0.1) is 0 Å². The molecule has 3 heterocycles. The molecule has 1 aliphatic rings. The van der Waals surface area contributed by atoms with Crippen LogP contribution >= 0.6 is 0 Å². The van der Waals surface area contributed by atoms with Crippen LogP contribution in [0.1, 0.15) is 25.5 Å². The van der Waals surface area contributed by atoms with E-state index in [-0.39, 0.29) is 6.23 Å². The van der Waals surface area contributed by atoms with Gasteiger partial charge in [-0.2, -0.15) is 5.10 Å². The Labute approximate surface area is 92.4 Å². The van der Waals surface area contributed by atoms with E-state index in [1.54, 1.807) is 10.9 Å². The average Bonchev–Trinajstić information content (AvgIpc) is 2.75. The van der Waals surface area contributed by atoms with E-state index in [4.69, 9.17) is 10.5 Å². The molecular formula is C10H13N5O. The number of nitrogens with zero attached hydrogens (tertiary/aromatic N) is 4. The molecule has 1 fully saturated rings. The highest BCUT2D eigenvalue weighted by Crippen LogP contribution is 2.26. The molecule has 2 aromatic heterocycles. The Morgan fingerprint density at radius 1 is 1.38 bits per heavy atom. The summed E-state index contributed by atoms with van der Waals surface area (Å²) in [5, 5.41) is 5.08. The van der Waals surface area contributed by atoms with E-state index in [9.17, 15) is 0 Å². The lowest BCUT2D eigenvalue weighted by molar-refractivity contribution is -0.0370. The largest absolute Gasteiger partial charge is 0.383 e. The second-order valence-corrected chi connectivity index (χ2v) is 3.91. The quantitative estimate of drug-likeness (QED) is 0.777. The number of aromatic nitrogens is 4. The first-order valence-electron chi connectivity index (χ1n) is 5.41. The predicted molar refractivity (Wildman–Crippen MR) is 58.6 cm³/mol. The van der Waals surface area contributed by atoms with E-state index in [2.05, 4.69) is 15.1 Å². The number of fused-ring (bicyclic) bond motifs is 1. The van der Waals surface area contributed by atoms with Gasteiger partial charge < -0.3 is 10.5 Å². The standard InChI is InChI=1S/C10H13N5O/c11-9-7-5-14-15(10(7)13-6-12-9)8-3-1-2-4-16-8/h5-6,8H,1-4H2,(H2,11,12,13)/t8-/m1/s1. The molecular weight excluding hydrogens is 206 g/mol. The van der Waals surface area contributed by atoms with Gasteiger partial charge in [-0.15, -0.1) is 0 Å². The Morgan fingerprint density at radius 2 is 2.31 bits per heavy atom. The summed E-state index contributed by atoms with van der Waals surface area (Å²) in [6.45, 7) is 0.784. The van der Waals surface area contributed by atoms with Crippen LogP contribution in [0.15, 0.2) is 12.5 Å². The van der Waals surface area contributed by atoms with E-state index in [1.807, 2.05) is 0 Å². The van der Waals surface area contributed by atoms with Crippen LogP contribution < -0.4 is 5.73 Å². The van der Waals surface area contributed by atoms with Crippen molar-refractivity contribution in [1.82, 2.24) is 19.7 Å². The van der Waals surface area contributed by atoms with E-state index in [0.717, 1.165) is 36.9 Å². The van der Waals surface area contributed by atoms with Gasteiger partial charge in [-0.05, 0) is 19.3 Å². The molecule has 1 atom stereocenters. The molecule has 2 aromatic rings. The van der Waals surface area contributed by atoms with Gasteiger partial charge in [0, 0.05) is 6.61 Å². The number of rotatable bonds is 1. The topological polar surface area (TPSA) is 78.9 Å². The highest BCUT2D eigenvalue weighted by atomic mass is 16.5. The molecule has 0 radical (unpaired) electrons. The number of hydrogen-bond acceptors (Lipinski definition) is 5. The Balaban J connectivity index is 2.06. The zero-order valence-electron chi connectivity index (χ0n) is 8.83. The third kappa shape index (κ3) is 1.42. The summed E-state index contributed by atoms with van der Waals surface area (Å²) in [6.07, 6.45) is 6.39. The maximum atomic E-state index is 5.75. The van der Waals surface area contributed by atoms with E-state index in [1.165, 1.54) is 6.33 Å². The van der Waals surface area contributed by atoms with Gasteiger partial charge in [0.25, 0.3) is 0 Å². The van der Waals surface area contributed by atoms with Crippen molar-refractivity contribution < 1.29 is 4.74 Å². The summed E-state index contributed by atoms with van der Waals surface area (Å²) in [5.41, 5.74) is 6.50. The highest BCUT2D eigenvalue weighted by Gasteiger charge is 2.19. The van der Waals surface area contributed by atoms with Gasteiger partial charge in [0.15, 0.2) is 11.9 Å². The first-order chi connectivity index (χ1) is 7.86. The van der Waals surface area contributed by atoms with Gasteiger partial charge in [0.1, 0.15) is 12.1 Å². The third-order valence-electron chi connectivity index (χ3n) is 2.85. The molecule has 0 aliphatic carbocycles. The molecule has 16 heavy (non-hydrogen) atoms. The van der Waals surface area contributed by atoms with Crippen LogP contribution in [0.4, 0.5) is 5.82 Å². The number of ether oxygens (including phenoxy) is 1. The summed E-state index contributed by atoms with van der Waals surface area (Å²) < 4.78 is 7.47. The summed E-state index contributed by atoms with van der Waals surface area (Å²) in [4.78, 5) is 8.14. The molecule has 1 saturated heterocycles. The number of anilines is 1. The molecule has 84 valence electrons. The van der Waals surface area contributed by atoms with Crippen LogP contribution in [0.3, 0.4) is 0 Å². The minimum Gasteiger partial charge on any atom is -0.383 e. The van der Waals surface area contributed by atoms with E-state index < -0.39 is 0 Å². The third-order valence-corrected chi connectivity index (χ3v) is 2.85. The minimum absolute atomic E-state index is 0.0134. The zero-order chi connectivity index (χ0) is 11.0. The Morgan fingerprint density at radius 3 is 3.12 bits per heavy atom. The molecule has 6 nitrogen and oxygen atoms in total. The van der Waals surface area contributed by atoms with Crippen LogP contribution in [0.5, 0.6) is 0 Å². The van der Waals surface area contributed by atoms with Gasteiger partial charge in [-0.25, -0.2) is 14.6 Å². The fraction of sp³-hybridized carbons (Fsp3) is 0.500. The van der Waals surface area contributed by atoms with Crippen LogP contribution in [-0.4, -0.2) is 26.4 Å². The smallest absolute Gasteiger partial charge is 0.165 e. The Bertz CT molecular complexity index is 503. The molecule has 6 heteroatoms. The molecule has 0 saturated carbocycles. The summed E-state index contributed by atoms with van der Waals surface area (Å²) in [6, 6.07) is 0. The van der Waals surface area contributed by atoms with E-state index >= 15 is 0 Å². The van der Waals surface area contributed by atoms with E-state index in [0.29, 0.717) is 5.82 Å². The summed E-state index contributed by atoms with van der Waals surface area (Å²) in [5.74, 6) is 0.465. The van der Waals surface area contributed by atoms with Crippen molar-refractivity contribution in [2.45, 2.75) is 25.5 Å². The molecule has 0 spiro atoms. The first kappa shape index (κ1) is 9.53. The van der Waals surface area contributed by atoms with Crippen LogP contribution in [0.25, 0.3) is 11.0 Å². The van der Waals surface area contributed by atoms with Gasteiger partial charge in [0.2, 0.25) is 0 Å². The number of nitrogen functional groups attached to an aromatic ring is 1. The van der Waals surface area contributed by atoms with Crippen molar-refractivity contribution >= 4 is 16.9 Å². The molecule has 0 aromatic carbocycles. The Hall–Kier alpha value is -1.69. The van der Waals surface area contributed by atoms with Gasteiger partial charge in [0.05, 0.1) is 11.6 Å². The van der Waals surface area contributed by atoms with Crippen molar-refractivity contribution in [3.05, 3.63) is 12.5 Å². The van der Waals surface area contributed by atoms with Crippen LogP contribution in [0.2, 0.25) is 0 Å². The van der Waals surface area contributed by atoms with Crippen LogP contribution in [-0.2, 0) is 4.74 Å². The maximum Gasteiger partial charge on any atom is 0.165 e. The first-order valence-corrected chi connectivity index (χ1v) is 5.41. The lowest BCUT2D eigenvalue weighted by Crippen LogP contribution is -2.19. The van der Waals surface area contributed by atoms with Crippen molar-refractivity contribution in [1.29, 1.82) is 0 Å². The molecule has 3 rings (SSSR count). The molecule has 1 aliphatic heterocycles. The molecule has 0 amide bonds. The highest BCUT2D eigenvalue weighted by molar-refractivity contribution is 5.84. The van der Waals surface area contributed by atoms with Crippen molar-refractivity contribution in [2.24, 2.45) is 0 Å². The minimum atomic E-state index is -0.0134. The second kappa shape index (κ2) is 3.71. The van der Waals surface area contributed by atoms with Gasteiger partial charge in [-0.1, -0.05) is 0 Å². The van der Waals surface area contributed by atoms with Gasteiger partial charge in [-0.3, -0.25) is 0 Å². The predicted octanol–water partition coefficient (Wildman–Crippen LogP) is 1.11. The second-order valence-electron chi connectivity index (χ2n) is 3.91. The lowest BCUT2D eigenvalue weighted by atomic mass is 10.2. The monoisotopic (exact) mass is 219 g/mol. The van der Waals surface area contributed by atoms with Crippen molar-refractivity contribution in [2.75, 3.05) is 12.3 Å².